The second-order valence-corrected chi connectivity index (χ2v) is 9.04. The number of fused-ring (bicyclic) bond motifs is 3. The summed E-state index contributed by atoms with van der Waals surface area (Å²) in [6.07, 6.45) is 4.70. The standard InChI is InChI=1S/C22H23F2N7O3/c23-20(24)19-17(10-31(28-19)12-1-3-14(32)4-2-12)26-22(33)16-8-25-30-6-5-18(27-21(16)30)29-9-15-7-13(29)11-34-15/h5-6,8,10,12-13,15,20H,1-4,7,9,11H2,(H,26,33)/t13-,15-/m1/s1. The second kappa shape index (κ2) is 8.12. The fourth-order valence-corrected chi connectivity index (χ4v) is 5.09. The Balaban J connectivity index is 1.26. The molecule has 2 aliphatic heterocycles. The number of hydrogen-bond acceptors (Lipinski definition) is 7. The van der Waals surface area contributed by atoms with Crippen molar-refractivity contribution >= 4 is 28.8 Å². The van der Waals surface area contributed by atoms with Crippen LogP contribution in [0.3, 0.4) is 0 Å². The van der Waals surface area contributed by atoms with Gasteiger partial charge in [-0.2, -0.15) is 10.2 Å². The van der Waals surface area contributed by atoms with E-state index < -0.39 is 18.0 Å². The van der Waals surface area contributed by atoms with E-state index in [2.05, 4.69) is 25.4 Å². The maximum Gasteiger partial charge on any atom is 0.284 e. The highest BCUT2D eigenvalue weighted by molar-refractivity contribution is 6.08. The summed E-state index contributed by atoms with van der Waals surface area (Å²) in [6.45, 7) is 1.40. The normalized spacial score (nSPS) is 22.9. The van der Waals surface area contributed by atoms with Gasteiger partial charge in [0.15, 0.2) is 11.3 Å². The number of carbonyl (C=O) groups excluding carboxylic acids is 2. The van der Waals surface area contributed by atoms with Crippen LogP contribution in [0.5, 0.6) is 0 Å². The molecule has 0 aromatic carbocycles. The number of rotatable bonds is 5. The van der Waals surface area contributed by atoms with Crippen molar-refractivity contribution in [1.82, 2.24) is 24.4 Å². The molecular weight excluding hydrogens is 448 g/mol. The molecule has 178 valence electrons. The number of nitrogens with one attached hydrogen (secondary N) is 1. The Labute approximate surface area is 192 Å². The molecule has 1 aliphatic carbocycles. The quantitative estimate of drug-likeness (QED) is 0.610. The maximum atomic E-state index is 13.7. The van der Waals surface area contributed by atoms with Gasteiger partial charge in [0.2, 0.25) is 0 Å². The molecule has 3 fully saturated rings. The van der Waals surface area contributed by atoms with Gasteiger partial charge >= 0.3 is 0 Å². The molecule has 5 heterocycles. The Hall–Kier alpha value is -3.41. The van der Waals surface area contributed by atoms with Crippen LogP contribution in [0.4, 0.5) is 20.3 Å². The molecule has 3 aromatic rings. The monoisotopic (exact) mass is 471 g/mol. The lowest BCUT2D eigenvalue weighted by atomic mass is 9.95. The first kappa shape index (κ1) is 21.1. The first-order valence-electron chi connectivity index (χ1n) is 11.4. The number of carbonyl (C=O) groups is 2. The van der Waals surface area contributed by atoms with Crippen LogP contribution in [-0.2, 0) is 9.53 Å². The molecule has 3 aromatic heterocycles. The number of nitrogens with zero attached hydrogens (tertiary/aromatic N) is 6. The van der Waals surface area contributed by atoms with Crippen molar-refractivity contribution in [2.75, 3.05) is 23.4 Å². The summed E-state index contributed by atoms with van der Waals surface area (Å²) >= 11 is 0. The van der Waals surface area contributed by atoms with Crippen molar-refractivity contribution in [3.8, 4) is 0 Å². The smallest absolute Gasteiger partial charge is 0.284 e. The fraction of sp³-hybridized carbons (Fsp3) is 0.500. The molecule has 2 saturated heterocycles. The highest BCUT2D eigenvalue weighted by Crippen LogP contribution is 2.33. The van der Waals surface area contributed by atoms with E-state index in [9.17, 15) is 18.4 Å². The largest absolute Gasteiger partial charge is 0.374 e. The molecule has 1 N–H and O–H groups in total. The van der Waals surface area contributed by atoms with Gasteiger partial charge in [0, 0.05) is 31.8 Å². The molecule has 2 atom stereocenters. The van der Waals surface area contributed by atoms with Crippen LogP contribution in [0.2, 0.25) is 0 Å². The van der Waals surface area contributed by atoms with Gasteiger partial charge in [0.25, 0.3) is 12.3 Å². The summed E-state index contributed by atoms with van der Waals surface area (Å²) in [4.78, 5) is 31.4. The Morgan fingerprint density at radius 2 is 2.06 bits per heavy atom. The molecule has 0 radical (unpaired) electrons. The minimum atomic E-state index is -2.86. The minimum Gasteiger partial charge on any atom is -0.374 e. The number of halogens is 2. The molecule has 0 spiro atoms. The highest BCUT2D eigenvalue weighted by atomic mass is 19.3. The van der Waals surface area contributed by atoms with E-state index in [4.69, 9.17) is 4.74 Å². The predicted molar refractivity (Wildman–Crippen MR) is 116 cm³/mol. The molecule has 1 saturated carbocycles. The zero-order valence-corrected chi connectivity index (χ0v) is 18.2. The van der Waals surface area contributed by atoms with Crippen LogP contribution in [0, 0.1) is 0 Å². The highest BCUT2D eigenvalue weighted by Gasteiger charge is 2.39. The van der Waals surface area contributed by atoms with Gasteiger partial charge < -0.3 is 15.0 Å². The van der Waals surface area contributed by atoms with Crippen LogP contribution < -0.4 is 10.2 Å². The fourth-order valence-electron chi connectivity index (χ4n) is 5.09. The molecule has 6 rings (SSSR count). The molecule has 0 unspecified atom stereocenters. The molecule has 12 heteroatoms. The number of ether oxygens (including phenoxy) is 1. The van der Waals surface area contributed by atoms with E-state index in [1.807, 2.05) is 6.07 Å². The van der Waals surface area contributed by atoms with Crippen LogP contribution >= 0.6 is 0 Å². The Morgan fingerprint density at radius 3 is 2.76 bits per heavy atom. The third-order valence-corrected chi connectivity index (χ3v) is 6.90. The van der Waals surface area contributed by atoms with Gasteiger partial charge in [0.05, 0.1) is 36.7 Å². The van der Waals surface area contributed by atoms with E-state index in [0.29, 0.717) is 37.9 Å². The third kappa shape index (κ3) is 3.61. The average Bonchev–Trinajstić information content (AvgIpc) is 3.61. The van der Waals surface area contributed by atoms with E-state index >= 15 is 0 Å². The number of alkyl halides is 2. The number of Topliss-reactive ketones (excluding diaryl/α,β-unsaturated/α-hetero) is 1. The Morgan fingerprint density at radius 1 is 1.24 bits per heavy atom. The van der Waals surface area contributed by atoms with E-state index in [1.54, 1.807) is 6.20 Å². The summed E-state index contributed by atoms with van der Waals surface area (Å²) in [5, 5.41) is 10.8. The lowest BCUT2D eigenvalue weighted by Gasteiger charge is -2.27. The van der Waals surface area contributed by atoms with Crippen LogP contribution in [-0.4, -0.2) is 61.4 Å². The predicted octanol–water partition coefficient (Wildman–Crippen LogP) is 2.78. The molecule has 2 bridgehead atoms. The summed E-state index contributed by atoms with van der Waals surface area (Å²) in [6, 6.07) is 1.95. The molecule has 34 heavy (non-hydrogen) atoms. The molecule has 3 aliphatic rings. The lowest BCUT2D eigenvalue weighted by molar-refractivity contribution is -0.120. The van der Waals surface area contributed by atoms with E-state index in [-0.39, 0.29) is 35.2 Å². The van der Waals surface area contributed by atoms with Gasteiger partial charge in [-0.15, -0.1) is 0 Å². The summed E-state index contributed by atoms with van der Waals surface area (Å²) in [7, 11) is 0. The van der Waals surface area contributed by atoms with Crippen LogP contribution in [0.15, 0.2) is 24.7 Å². The first-order chi connectivity index (χ1) is 16.5. The lowest BCUT2D eigenvalue weighted by Crippen LogP contribution is -2.37. The van der Waals surface area contributed by atoms with Crippen molar-refractivity contribution < 1.29 is 23.1 Å². The van der Waals surface area contributed by atoms with Crippen molar-refractivity contribution in [3.63, 3.8) is 0 Å². The Kier molecular flexibility index (Phi) is 5.05. The zero-order chi connectivity index (χ0) is 23.4. The number of ketones is 1. The summed E-state index contributed by atoms with van der Waals surface area (Å²) in [5.41, 5.74) is -0.0287. The van der Waals surface area contributed by atoms with Gasteiger partial charge in [-0.05, 0) is 25.3 Å². The minimum absolute atomic E-state index is 0.0543. The maximum absolute atomic E-state index is 13.7. The van der Waals surface area contributed by atoms with Crippen molar-refractivity contribution in [1.29, 1.82) is 0 Å². The van der Waals surface area contributed by atoms with Gasteiger partial charge in [-0.25, -0.2) is 18.3 Å². The second-order valence-electron chi connectivity index (χ2n) is 9.04. The first-order valence-corrected chi connectivity index (χ1v) is 11.4. The topological polar surface area (TPSA) is 107 Å². The van der Waals surface area contributed by atoms with E-state index in [0.717, 1.165) is 18.8 Å². The van der Waals surface area contributed by atoms with Gasteiger partial charge in [0.1, 0.15) is 17.2 Å². The van der Waals surface area contributed by atoms with Gasteiger partial charge in [-0.1, -0.05) is 0 Å². The average molecular weight is 471 g/mol. The summed E-state index contributed by atoms with van der Waals surface area (Å²) < 4.78 is 36.0. The number of morpholine rings is 1. The molecular formula is C22H23F2N7O3. The zero-order valence-electron chi connectivity index (χ0n) is 18.2. The number of aromatic nitrogens is 5. The molecule has 1 amide bonds. The third-order valence-electron chi connectivity index (χ3n) is 6.90. The number of anilines is 2. The van der Waals surface area contributed by atoms with E-state index in [1.165, 1.54) is 21.6 Å². The summed E-state index contributed by atoms with van der Waals surface area (Å²) in [5.74, 6) is 0.303. The van der Waals surface area contributed by atoms with Crippen LogP contribution in [0.25, 0.3) is 5.65 Å². The number of hydrogen-bond donors (Lipinski definition) is 1. The van der Waals surface area contributed by atoms with Gasteiger partial charge in [-0.3, -0.25) is 14.3 Å². The van der Waals surface area contributed by atoms with Crippen molar-refractivity contribution in [2.24, 2.45) is 0 Å². The van der Waals surface area contributed by atoms with Crippen LogP contribution in [0.1, 0.15) is 60.6 Å². The van der Waals surface area contributed by atoms with Crippen molar-refractivity contribution in [3.05, 3.63) is 35.9 Å². The number of amides is 1. The Bertz CT molecular complexity index is 1260. The SMILES string of the molecule is O=C1CCC(n2cc(NC(=O)c3cnn4ccc(N5C[C@H]6C[C@@H]5CO6)nc34)c(C(F)F)n2)CC1. The molecule has 10 nitrogen and oxygen atoms in total. The van der Waals surface area contributed by atoms with Crippen molar-refractivity contribution in [2.45, 2.75) is 56.7 Å².